The Hall–Kier alpha value is -3.36. The van der Waals surface area contributed by atoms with Gasteiger partial charge >= 0.3 is 0 Å². The highest BCUT2D eigenvalue weighted by molar-refractivity contribution is 7.92. The van der Waals surface area contributed by atoms with Gasteiger partial charge in [-0.25, -0.2) is 8.42 Å². The molecule has 0 spiro atoms. The van der Waals surface area contributed by atoms with Gasteiger partial charge in [0.1, 0.15) is 12.6 Å². The number of aryl methyl sites for hydroxylation is 1. The van der Waals surface area contributed by atoms with E-state index in [0.717, 1.165) is 15.4 Å². The summed E-state index contributed by atoms with van der Waals surface area (Å²) < 4.78 is 28.3. The molecule has 0 saturated carbocycles. The second-order valence-electron chi connectivity index (χ2n) is 8.10. The zero-order valence-electron chi connectivity index (χ0n) is 19.8. The van der Waals surface area contributed by atoms with Crippen LogP contribution in [0.25, 0.3) is 0 Å². The topological polar surface area (TPSA) is 86.8 Å². The van der Waals surface area contributed by atoms with Gasteiger partial charge in [-0.15, -0.1) is 0 Å². The molecule has 7 nitrogen and oxygen atoms in total. The van der Waals surface area contributed by atoms with Crippen molar-refractivity contribution in [2.24, 2.45) is 0 Å². The minimum Gasteiger partial charge on any atom is -0.357 e. The molecule has 1 N–H and O–H groups in total. The third-order valence-corrected chi connectivity index (χ3v) is 7.62. The van der Waals surface area contributed by atoms with Crippen molar-refractivity contribution < 1.29 is 18.0 Å². The number of halogens is 1. The lowest BCUT2D eigenvalue weighted by molar-refractivity contribution is -0.139. The summed E-state index contributed by atoms with van der Waals surface area (Å²) in [6.45, 7) is 3.09. The van der Waals surface area contributed by atoms with Crippen LogP contribution in [-0.2, 0) is 26.2 Å². The summed E-state index contributed by atoms with van der Waals surface area (Å²) in [7, 11) is -2.57. The molecule has 9 heteroatoms. The van der Waals surface area contributed by atoms with Crippen LogP contribution in [0, 0.1) is 6.92 Å². The Morgan fingerprint density at radius 2 is 1.63 bits per heavy atom. The number of sulfonamides is 1. The van der Waals surface area contributed by atoms with Crippen molar-refractivity contribution in [3.63, 3.8) is 0 Å². The standard InChI is InChI=1S/C26H28ClN3O4S/c1-19-8-7-9-23(16-19)30(35(33,34)24-10-5-4-6-11-24)18-25(31)29(20(2)26(32)28-3)17-21-12-14-22(27)15-13-21/h4-16,20H,17-18H2,1-3H3,(H,28,32)/t20-/m0/s1. The van der Waals surface area contributed by atoms with Crippen molar-refractivity contribution in [2.45, 2.75) is 31.3 Å². The predicted molar refractivity (Wildman–Crippen MR) is 138 cm³/mol. The Labute approximate surface area is 211 Å². The van der Waals surface area contributed by atoms with Gasteiger partial charge in [-0.05, 0) is 61.4 Å². The van der Waals surface area contributed by atoms with Gasteiger partial charge in [-0.2, -0.15) is 0 Å². The summed E-state index contributed by atoms with van der Waals surface area (Å²) in [5.74, 6) is -0.877. The van der Waals surface area contributed by atoms with E-state index in [2.05, 4.69) is 5.32 Å². The first-order valence-corrected chi connectivity index (χ1v) is 12.8. The number of benzene rings is 3. The van der Waals surface area contributed by atoms with E-state index < -0.39 is 28.5 Å². The highest BCUT2D eigenvalue weighted by Gasteiger charge is 2.32. The van der Waals surface area contributed by atoms with Crippen molar-refractivity contribution in [1.29, 1.82) is 0 Å². The minimum absolute atomic E-state index is 0.0675. The van der Waals surface area contributed by atoms with E-state index >= 15 is 0 Å². The van der Waals surface area contributed by atoms with Gasteiger partial charge in [-0.1, -0.05) is 54.1 Å². The minimum atomic E-state index is -4.06. The maximum absolute atomic E-state index is 13.6. The third-order valence-electron chi connectivity index (χ3n) is 5.58. The predicted octanol–water partition coefficient (Wildman–Crippen LogP) is 4.01. The van der Waals surface area contributed by atoms with Crippen molar-refractivity contribution in [1.82, 2.24) is 10.2 Å². The average Bonchev–Trinajstić information content (AvgIpc) is 2.86. The molecule has 0 aliphatic heterocycles. The van der Waals surface area contributed by atoms with Gasteiger partial charge in [0, 0.05) is 18.6 Å². The monoisotopic (exact) mass is 513 g/mol. The molecular weight excluding hydrogens is 486 g/mol. The van der Waals surface area contributed by atoms with Crippen molar-refractivity contribution >= 4 is 39.1 Å². The van der Waals surface area contributed by atoms with E-state index in [4.69, 9.17) is 11.6 Å². The molecule has 0 aromatic heterocycles. The average molecular weight is 514 g/mol. The molecule has 35 heavy (non-hydrogen) atoms. The number of carbonyl (C=O) groups is 2. The Balaban J connectivity index is 2.01. The molecule has 0 radical (unpaired) electrons. The fourth-order valence-corrected chi connectivity index (χ4v) is 5.16. The van der Waals surface area contributed by atoms with Crippen molar-refractivity contribution in [3.05, 3.63) is 95.0 Å². The molecule has 184 valence electrons. The summed E-state index contributed by atoms with van der Waals surface area (Å²) in [5.41, 5.74) is 1.97. The fraction of sp³-hybridized carbons (Fsp3) is 0.231. The Bertz CT molecular complexity index is 1280. The number of anilines is 1. The van der Waals surface area contributed by atoms with E-state index in [-0.39, 0.29) is 17.3 Å². The number of likely N-dealkylation sites (N-methyl/N-ethyl adjacent to an activating group) is 1. The van der Waals surface area contributed by atoms with Gasteiger partial charge in [0.2, 0.25) is 11.8 Å². The Morgan fingerprint density at radius 3 is 2.23 bits per heavy atom. The first-order valence-electron chi connectivity index (χ1n) is 11.0. The normalized spacial score (nSPS) is 12.0. The zero-order valence-corrected chi connectivity index (χ0v) is 21.4. The van der Waals surface area contributed by atoms with Crippen LogP contribution < -0.4 is 9.62 Å². The van der Waals surface area contributed by atoms with Gasteiger partial charge in [0.15, 0.2) is 0 Å². The molecule has 0 fully saturated rings. The van der Waals surface area contributed by atoms with Crippen molar-refractivity contribution in [2.75, 3.05) is 17.9 Å². The smallest absolute Gasteiger partial charge is 0.264 e. The zero-order chi connectivity index (χ0) is 25.6. The molecule has 3 aromatic carbocycles. The first-order chi connectivity index (χ1) is 16.6. The lowest BCUT2D eigenvalue weighted by Gasteiger charge is -2.31. The lowest BCUT2D eigenvalue weighted by atomic mass is 10.1. The molecule has 3 rings (SSSR count). The quantitative estimate of drug-likeness (QED) is 0.468. The highest BCUT2D eigenvalue weighted by Crippen LogP contribution is 2.25. The van der Waals surface area contributed by atoms with E-state index in [1.54, 1.807) is 67.6 Å². The van der Waals surface area contributed by atoms with Crippen LogP contribution in [0.5, 0.6) is 0 Å². The maximum Gasteiger partial charge on any atom is 0.264 e. The number of rotatable bonds is 9. The third kappa shape index (κ3) is 6.41. The number of nitrogens with one attached hydrogen (secondary N) is 1. The van der Waals surface area contributed by atoms with E-state index in [9.17, 15) is 18.0 Å². The number of carbonyl (C=O) groups excluding carboxylic acids is 2. The number of amides is 2. The summed E-state index contributed by atoms with van der Waals surface area (Å²) in [4.78, 5) is 27.5. The molecule has 3 aromatic rings. The van der Waals surface area contributed by atoms with Gasteiger partial charge in [-0.3, -0.25) is 13.9 Å². The number of hydrogen-bond donors (Lipinski definition) is 1. The van der Waals surface area contributed by atoms with E-state index in [1.807, 2.05) is 13.0 Å². The molecule has 0 saturated heterocycles. The second kappa shape index (κ2) is 11.4. The molecule has 0 aliphatic rings. The highest BCUT2D eigenvalue weighted by atomic mass is 35.5. The Morgan fingerprint density at radius 1 is 0.971 bits per heavy atom. The summed E-state index contributed by atoms with van der Waals surface area (Å²) in [5, 5.41) is 3.10. The van der Waals surface area contributed by atoms with Crippen LogP contribution in [-0.4, -0.2) is 44.8 Å². The lowest BCUT2D eigenvalue weighted by Crippen LogP contribution is -2.50. The van der Waals surface area contributed by atoms with Gasteiger partial charge in [0.25, 0.3) is 10.0 Å². The number of nitrogens with zero attached hydrogens (tertiary/aromatic N) is 2. The fourth-order valence-electron chi connectivity index (χ4n) is 3.61. The molecule has 0 aliphatic carbocycles. The van der Waals surface area contributed by atoms with Crippen LogP contribution in [0.4, 0.5) is 5.69 Å². The number of hydrogen-bond acceptors (Lipinski definition) is 4. The van der Waals surface area contributed by atoms with Crippen LogP contribution in [0.1, 0.15) is 18.1 Å². The molecule has 1 atom stereocenters. The van der Waals surface area contributed by atoms with Crippen LogP contribution in [0.15, 0.2) is 83.8 Å². The van der Waals surface area contributed by atoms with Crippen LogP contribution in [0.3, 0.4) is 0 Å². The first kappa shape index (κ1) is 26.2. The Kier molecular flexibility index (Phi) is 8.53. The van der Waals surface area contributed by atoms with E-state index in [0.29, 0.717) is 10.7 Å². The summed E-state index contributed by atoms with van der Waals surface area (Å²) in [6.07, 6.45) is 0. The molecule has 0 unspecified atom stereocenters. The molecule has 2 amide bonds. The summed E-state index contributed by atoms with van der Waals surface area (Å²) in [6, 6.07) is 21.0. The van der Waals surface area contributed by atoms with Gasteiger partial charge in [0.05, 0.1) is 10.6 Å². The van der Waals surface area contributed by atoms with Crippen LogP contribution >= 0.6 is 11.6 Å². The largest absolute Gasteiger partial charge is 0.357 e. The summed E-state index contributed by atoms with van der Waals surface area (Å²) >= 11 is 5.99. The SMILES string of the molecule is CNC(=O)[C@H](C)N(Cc1ccc(Cl)cc1)C(=O)CN(c1cccc(C)c1)S(=O)(=O)c1ccccc1. The molecular formula is C26H28ClN3O4S. The molecule has 0 heterocycles. The van der Waals surface area contributed by atoms with Crippen LogP contribution in [0.2, 0.25) is 5.02 Å². The maximum atomic E-state index is 13.6. The second-order valence-corrected chi connectivity index (χ2v) is 10.4. The molecule has 0 bridgehead atoms. The van der Waals surface area contributed by atoms with Gasteiger partial charge < -0.3 is 10.2 Å². The van der Waals surface area contributed by atoms with Crippen molar-refractivity contribution in [3.8, 4) is 0 Å². The van der Waals surface area contributed by atoms with E-state index in [1.165, 1.54) is 24.1 Å².